The Bertz CT molecular complexity index is 682. The molecule has 1 aromatic heterocycles. The Balaban J connectivity index is 2.01. The van der Waals surface area contributed by atoms with E-state index in [1.807, 2.05) is 6.07 Å². The van der Waals surface area contributed by atoms with Gasteiger partial charge >= 0.3 is 0 Å². The third kappa shape index (κ3) is 2.35. The fraction of sp³-hybridized carbons (Fsp3) is 0. The number of rotatable bonds is 2. The molecular formula is C14H8ClFN4. The van der Waals surface area contributed by atoms with Gasteiger partial charge in [0.2, 0.25) is 11.6 Å². The molecule has 0 aliphatic carbocycles. The summed E-state index contributed by atoms with van der Waals surface area (Å²) in [6, 6.07) is 13.3. The molecule has 0 amide bonds. The molecule has 0 spiro atoms. The van der Waals surface area contributed by atoms with Gasteiger partial charge in [-0.15, -0.1) is 20.4 Å². The molecule has 0 bridgehead atoms. The van der Waals surface area contributed by atoms with E-state index in [1.54, 1.807) is 36.4 Å². The molecule has 1 heterocycles. The number of nitrogens with zero attached hydrogens (tertiary/aromatic N) is 4. The molecule has 20 heavy (non-hydrogen) atoms. The summed E-state index contributed by atoms with van der Waals surface area (Å²) in [7, 11) is 0. The normalized spacial score (nSPS) is 10.5. The monoisotopic (exact) mass is 286 g/mol. The molecule has 3 rings (SSSR count). The molecule has 98 valence electrons. The van der Waals surface area contributed by atoms with Crippen molar-refractivity contribution in [2.24, 2.45) is 0 Å². The smallest absolute Gasteiger partial charge is 0.206 e. The van der Waals surface area contributed by atoms with Crippen molar-refractivity contribution in [1.82, 2.24) is 20.4 Å². The quantitative estimate of drug-likeness (QED) is 0.724. The second-order valence-electron chi connectivity index (χ2n) is 4.01. The van der Waals surface area contributed by atoms with Gasteiger partial charge in [0.1, 0.15) is 5.82 Å². The molecule has 0 saturated carbocycles. The Morgan fingerprint density at radius 1 is 0.700 bits per heavy atom. The fourth-order valence-electron chi connectivity index (χ4n) is 1.73. The molecule has 0 fully saturated rings. The lowest BCUT2D eigenvalue weighted by Crippen LogP contribution is -2.00. The number of hydrogen-bond acceptors (Lipinski definition) is 4. The van der Waals surface area contributed by atoms with Gasteiger partial charge < -0.3 is 0 Å². The molecule has 0 N–H and O–H groups in total. The summed E-state index contributed by atoms with van der Waals surface area (Å²) < 4.78 is 13.6. The van der Waals surface area contributed by atoms with E-state index in [4.69, 9.17) is 11.6 Å². The van der Waals surface area contributed by atoms with Crippen molar-refractivity contribution in [2.45, 2.75) is 0 Å². The molecule has 0 radical (unpaired) electrons. The van der Waals surface area contributed by atoms with E-state index in [0.717, 1.165) is 0 Å². The number of hydrogen-bond donors (Lipinski definition) is 0. The Labute approximate surface area is 119 Å². The first-order chi connectivity index (χ1) is 9.75. The largest absolute Gasteiger partial charge is 0.206 e. The van der Waals surface area contributed by atoms with Crippen LogP contribution in [0.25, 0.3) is 22.8 Å². The average molecular weight is 287 g/mol. The minimum absolute atomic E-state index is 0.138. The Morgan fingerprint density at radius 3 is 1.80 bits per heavy atom. The highest BCUT2D eigenvalue weighted by molar-refractivity contribution is 6.33. The van der Waals surface area contributed by atoms with Gasteiger partial charge in [0.15, 0.2) is 0 Å². The van der Waals surface area contributed by atoms with Crippen LogP contribution in [0, 0.1) is 5.82 Å². The molecule has 0 atom stereocenters. The van der Waals surface area contributed by atoms with Gasteiger partial charge in [0.05, 0.1) is 10.6 Å². The first kappa shape index (κ1) is 12.6. The zero-order valence-corrected chi connectivity index (χ0v) is 10.9. The maximum Gasteiger partial charge on any atom is 0.206 e. The summed E-state index contributed by atoms with van der Waals surface area (Å²) in [6.07, 6.45) is 0. The first-order valence-electron chi connectivity index (χ1n) is 5.83. The third-order valence-corrected chi connectivity index (χ3v) is 3.04. The van der Waals surface area contributed by atoms with E-state index in [1.165, 1.54) is 6.07 Å². The van der Waals surface area contributed by atoms with Gasteiger partial charge in [0.25, 0.3) is 0 Å². The van der Waals surface area contributed by atoms with E-state index in [9.17, 15) is 4.39 Å². The molecule has 3 aromatic rings. The lowest BCUT2D eigenvalue weighted by molar-refractivity contribution is 0.628. The minimum atomic E-state index is -0.415. The number of benzene rings is 2. The standard InChI is InChI=1S/C14H8ClFN4/c15-11-7-3-1-5-9(11)13-17-19-14(20-18-13)10-6-2-4-8-12(10)16/h1-8H. The summed E-state index contributed by atoms with van der Waals surface area (Å²) in [5, 5.41) is 16.2. The van der Waals surface area contributed by atoms with Gasteiger partial charge in [0, 0.05) is 5.56 Å². The Hall–Kier alpha value is -2.40. The summed E-state index contributed by atoms with van der Waals surface area (Å²) in [4.78, 5) is 0. The molecular weight excluding hydrogens is 279 g/mol. The molecule has 0 aliphatic rings. The second kappa shape index (κ2) is 5.30. The average Bonchev–Trinajstić information content (AvgIpc) is 2.49. The van der Waals surface area contributed by atoms with Crippen molar-refractivity contribution in [3.63, 3.8) is 0 Å². The predicted octanol–water partition coefficient (Wildman–Crippen LogP) is 3.39. The number of aromatic nitrogens is 4. The predicted molar refractivity (Wildman–Crippen MR) is 73.5 cm³/mol. The van der Waals surface area contributed by atoms with Gasteiger partial charge in [-0.2, -0.15) is 0 Å². The summed E-state index contributed by atoms with van der Waals surface area (Å²) in [5.74, 6) is 0.0242. The summed E-state index contributed by atoms with van der Waals surface area (Å²) >= 11 is 6.05. The van der Waals surface area contributed by atoms with Crippen LogP contribution in [0.5, 0.6) is 0 Å². The highest BCUT2D eigenvalue weighted by Gasteiger charge is 2.11. The molecule has 0 unspecified atom stereocenters. The van der Waals surface area contributed by atoms with E-state index >= 15 is 0 Å². The Kier molecular flexibility index (Phi) is 3.35. The van der Waals surface area contributed by atoms with Crippen molar-refractivity contribution in [2.75, 3.05) is 0 Å². The van der Waals surface area contributed by atoms with Crippen LogP contribution in [0.3, 0.4) is 0 Å². The second-order valence-corrected chi connectivity index (χ2v) is 4.41. The van der Waals surface area contributed by atoms with Crippen LogP contribution in [0.15, 0.2) is 48.5 Å². The van der Waals surface area contributed by atoms with E-state index in [0.29, 0.717) is 16.4 Å². The van der Waals surface area contributed by atoms with Gasteiger partial charge in [-0.25, -0.2) is 4.39 Å². The third-order valence-electron chi connectivity index (χ3n) is 2.71. The topological polar surface area (TPSA) is 51.6 Å². The number of halogens is 2. The van der Waals surface area contributed by atoms with Crippen LogP contribution >= 0.6 is 11.6 Å². The molecule has 0 saturated heterocycles. The van der Waals surface area contributed by atoms with Gasteiger partial charge in [-0.05, 0) is 24.3 Å². The van der Waals surface area contributed by atoms with Crippen molar-refractivity contribution < 1.29 is 4.39 Å². The lowest BCUT2D eigenvalue weighted by Gasteiger charge is -2.02. The van der Waals surface area contributed by atoms with Crippen LogP contribution in [-0.2, 0) is 0 Å². The molecule has 2 aromatic carbocycles. The minimum Gasteiger partial charge on any atom is -0.206 e. The molecule has 0 aliphatic heterocycles. The highest BCUT2D eigenvalue weighted by atomic mass is 35.5. The Morgan fingerprint density at radius 2 is 1.20 bits per heavy atom. The van der Waals surface area contributed by atoms with Crippen molar-refractivity contribution in [1.29, 1.82) is 0 Å². The van der Waals surface area contributed by atoms with Crippen LogP contribution in [0.4, 0.5) is 4.39 Å². The highest BCUT2D eigenvalue weighted by Crippen LogP contribution is 2.24. The van der Waals surface area contributed by atoms with Gasteiger partial charge in [-0.3, -0.25) is 0 Å². The van der Waals surface area contributed by atoms with E-state index in [-0.39, 0.29) is 11.4 Å². The summed E-state index contributed by atoms with van der Waals surface area (Å²) in [5.41, 5.74) is 0.896. The fourth-order valence-corrected chi connectivity index (χ4v) is 1.95. The van der Waals surface area contributed by atoms with E-state index in [2.05, 4.69) is 20.4 Å². The first-order valence-corrected chi connectivity index (χ1v) is 6.21. The van der Waals surface area contributed by atoms with Crippen molar-refractivity contribution in [3.8, 4) is 22.8 Å². The van der Waals surface area contributed by atoms with Crippen LogP contribution in [0.2, 0.25) is 5.02 Å². The maximum absolute atomic E-state index is 13.6. The lowest BCUT2D eigenvalue weighted by atomic mass is 10.2. The van der Waals surface area contributed by atoms with Crippen molar-refractivity contribution in [3.05, 3.63) is 59.4 Å². The van der Waals surface area contributed by atoms with E-state index < -0.39 is 5.82 Å². The molecule has 6 heteroatoms. The zero-order valence-electron chi connectivity index (χ0n) is 10.2. The van der Waals surface area contributed by atoms with Crippen LogP contribution < -0.4 is 0 Å². The SMILES string of the molecule is Fc1ccccc1-c1nnc(-c2ccccc2Cl)nn1. The zero-order chi connectivity index (χ0) is 13.9. The van der Waals surface area contributed by atoms with Crippen molar-refractivity contribution >= 4 is 11.6 Å². The van der Waals surface area contributed by atoms with Gasteiger partial charge in [-0.1, -0.05) is 35.9 Å². The van der Waals surface area contributed by atoms with Crippen LogP contribution in [-0.4, -0.2) is 20.4 Å². The maximum atomic E-state index is 13.6. The van der Waals surface area contributed by atoms with Crippen LogP contribution in [0.1, 0.15) is 0 Å². The summed E-state index contributed by atoms with van der Waals surface area (Å²) in [6.45, 7) is 0. The molecule has 4 nitrogen and oxygen atoms in total.